The number of aromatic nitrogens is 1. The smallest absolute Gasteiger partial charge is 0.299 e. The Morgan fingerprint density at radius 3 is 2.14 bits per heavy atom. The lowest BCUT2D eigenvalue weighted by molar-refractivity contribution is -0.132. The van der Waals surface area contributed by atoms with Crippen molar-refractivity contribution >= 4 is 23.1 Å². The summed E-state index contributed by atoms with van der Waals surface area (Å²) in [6.07, 6.45) is 8.56. The second kappa shape index (κ2) is 9.74. The summed E-state index contributed by atoms with van der Waals surface area (Å²) in [4.78, 5) is 32.4. The van der Waals surface area contributed by atoms with Gasteiger partial charge in [0.25, 0.3) is 11.7 Å². The minimum absolute atomic E-state index is 0.106. The molecule has 1 unspecified atom stereocenters. The first-order valence-electron chi connectivity index (χ1n) is 12.0. The number of rotatable bonds is 5. The summed E-state index contributed by atoms with van der Waals surface area (Å²) in [6, 6.07) is 17.9. The van der Waals surface area contributed by atoms with Crippen LogP contribution >= 0.6 is 0 Å². The van der Waals surface area contributed by atoms with Crippen molar-refractivity contribution in [3.8, 4) is 16.9 Å². The molecule has 35 heavy (non-hydrogen) atoms. The molecule has 1 aromatic heterocycles. The Labute approximate surface area is 204 Å². The van der Waals surface area contributed by atoms with Crippen LogP contribution in [0, 0.1) is 5.92 Å². The lowest BCUT2D eigenvalue weighted by atomic mass is 9.80. The maximum Gasteiger partial charge on any atom is 0.299 e. The number of hydrogen-bond acceptors (Lipinski definition) is 5. The highest BCUT2D eigenvalue weighted by atomic mass is 16.5. The Morgan fingerprint density at radius 2 is 1.51 bits per heavy atom. The van der Waals surface area contributed by atoms with Gasteiger partial charge in [-0.1, -0.05) is 31.4 Å². The van der Waals surface area contributed by atoms with Crippen molar-refractivity contribution in [3.63, 3.8) is 0 Å². The molecule has 2 aliphatic rings. The molecule has 3 aromatic rings. The van der Waals surface area contributed by atoms with Gasteiger partial charge in [-0.25, -0.2) is 0 Å². The molecule has 1 saturated carbocycles. The van der Waals surface area contributed by atoms with Crippen LogP contribution in [0.3, 0.4) is 0 Å². The number of hydrogen-bond donors (Lipinski definition) is 1. The number of nitrogens with zero attached hydrogens (tertiary/aromatic N) is 2. The van der Waals surface area contributed by atoms with E-state index in [1.165, 1.54) is 0 Å². The van der Waals surface area contributed by atoms with Crippen LogP contribution in [0.1, 0.15) is 37.7 Å². The second-order valence-corrected chi connectivity index (χ2v) is 9.12. The summed E-state index contributed by atoms with van der Waals surface area (Å²) in [5.74, 6) is -0.591. The average molecular weight is 469 g/mol. The van der Waals surface area contributed by atoms with E-state index in [9.17, 15) is 14.7 Å². The number of carbonyl (C=O) groups excluding carboxylic acids is 2. The fraction of sp³-hybridized carbons (Fsp3) is 0.276. The zero-order chi connectivity index (χ0) is 24.4. The van der Waals surface area contributed by atoms with E-state index in [-0.39, 0.29) is 17.3 Å². The van der Waals surface area contributed by atoms with Gasteiger partial charge in [-0.15, -0.1) is 0 Å². The number of ketones is 1. The molecule has 2 aromatic carbocycles. The van der Waals surface area contributed by atoms with E-state index < -0.39 is 17.7 Å². The number of benzene rings is 2. The van der Waals surface area contributed by atoms with Gasteiger partial charge in [0.05, 0.1) is 18.7 Å². The highest BCUT2D eigenvalue weighted by Gasteiger charge is 2.49. The monoisotopic (exact) mass is 468 g/mol. The van der Waals surface area contributed by atoms with Crippen LogP contribution in [0.4, 0.5) is 5.69 Å². The Hall–Kier alpha value is -3.93. The molecule has 2 heterocycles. The Bertz CT molecular complexity index is 1240. The minimum atomic E-state index is -0.632. The predicted octanol–water partition coefficient (Wildman–Crippen LogP) is 5.59. The lowest BCUT2D eigenvalue weighted by Gasteiger charge is -2.34. The van der Waals surface area contributed by atoms with Gasteiger partial charge in [0.1, 0.15) is 11.5 Å². The SMILES string of the molecule is COc1ccc(/C(O)=C2/C(=O)C(=O)N(c3ccc(-c4ccncc4)cc3)C2C2CCCCC2)cc1. The van der Waals surface area contributed by atoms with Gasteiger partial charge in [-0.05, 0) is 78.4 Å². The van der Waals surface area contributed by atoms with Crippen LogP contribution in [0.15, 0.2) is 78.6 Å². The molecule has 1 saturated heterocycles. The zero-order valence-electron chi connectivity index (χ0n) is 19.7. The molecule has 2 fully saturated rings. The van der Waals surface area contributed by atoms with Crippen molar-refractivity contribution in [3.05, 3.63) is 84.2 Å². The van der Waals surface area contributed by atoms with E-state index in [0.29, 0.717) is 17.0 Å². The predicted molar refractivity (Wildman–Crippen MR) is 135 cm³/mol. The molecule has 5 rings (SSSR count). The molecule has 1 aliphatic carbocycles. The van der Waals surface area contributed by atoms with Crippen LogP contribution in [0.2, 0.25) is 0 Å². The fourth-order valence-corrected chi connectivity index (χ4v) is 5.30. The third-order valence-corrected chi connectivity index (χ3v) is 7.11. The Kier molecular flexibility index (Phi) is 6.36. The zero-order valence-corrected chi connectivity index (χ0v) is 19.7. The number of pyridine rings is 1. The number of aliphatic hydroxyl groups excluding tert-OH is 1. The Morgan fingerprint density at radius 1 is 0.886 bits per heavy atom. The van der Waals surface area contributed by atoms with Crippen molar-refractivity contribution in [2.75, 3.05) is 12.0 Å². The average Bonchev–Trinajstić information content (AvgIpc) is 3.19. The molecular weight excluding hydrogens is 440 g/mol. The topological polar surface area (TPSA) is 79.7 Å². The third kappa shape index (κ3) is 4.32. The summed E-state index contributed by atoms with van der Waals surface area (Å²) in [6.45, 7) is 0. The number of amides is 1. The number of Topliss-reactive ketones (excluding diaryl/α,β-unsaturated/α-hetero) is 1. The maximum atomic E-state index is 13.4. The van der Waals surface area contributed by atoms with E-state index in [2.05, 4.69) is 4.98 Å². The maximum absolute atomic E-state index is 13.4. The summed E-state index contributed by atoms with van der Waals surface area (Å²) in [7, 11) is 1.57. The minimum Gasteiger partial charge on any atom is -0.507 e. The van der Waals surface area contributed by atoms with Gasteiger partial charge < -0.3 is 9.84 Å². The summed E-state index contributed by atoms with van der Waals surface area (Å²) in [5, 5.41) is 11.3. The first-order valence-corrected chi connectivity index (χ1v) is 12.0. The fourth-order valence-electron chi connectivity index (χ4n) is 5.30. The molecule has 0 bridgehead atoms. The van der Waals surface area contributed by atoms with Gasteiger partial charge in [-0.3, -0.25) is 19.5 Å². The van der Waals surface area contributed by atoms with Crippen molar-refractivity contribution in [1.82, 2.24) is 4.98 Å². The molecule has 1 amide bonds. The largest absolute Gasteiger partial charge is 0.507 e. The highest BCUT2D eigenvalue weighted by molar-refractivity contribution is 6.51. The molecule has 1 N–H and O–H groups in total. The number of anilines is 1. The van der Waals surface area contributed by atoms with Crippen LogP contribution in [0.25, 0.3) is 16.9 Å². The van der Waals surface area contributed by atoms with Crippen LogP contribution in [-0.4, -0.2) is 34.9 Å². The van der Waals surface area contributed by atoms with Gasteiger partial charge in [-0.2, -0.15) is 0 Å². The van der Waals surface area contributed by atoms with E-state index in [1.807, 2.05) is 36.4 Å². The summed E-state index contributed by atoms with van der Waals surface area (Å²) in [5.41, 5.74) is 3.38. The van der Waals surface area contributed by atoms with E-state index in [1.54, 1.807) is 48.7 Å². The van der Waals surface area contributed by atoms with E-state index in [4.69, 9.17) is 4.74 Å². The number of ether oxygens (including phenoxy) is 1. The number of carbonyl (C=O) groups is 2. The molecule has 0 radical (unpaired) electrons. The van der Waals surface area contributed by atoms with Crippen molar-refractivity contribution in [2.45, 2.75) is 38.1 Å². The van der Waals surface area contributed by atoms with Crippen LogP contribution < -0.4 is 9.64 Å². The van der Waals surface area contributed by atoms with Gasteiger partial charge in [0.2, 0.25) is 0 Å². The van der Waals surface area contributed by atoms with Gasteiger partial charge >= 0.3 is 0 Å². The number of methoxy groups -OCH3 is 1. The molecule has 0 spiro atoms. The van der Waals surface area contributed by atoms with Crippen molar-refractivity contribution in [1.29, 1.82) is 0 Å². The molecule has 6 nitrogen and oxygen atoms in total. The second-order valence-electron chi connectivity index (χ2n) is 9.12. The summed E-state index contributed by atoms with van der Waals surface area (Å²) < 4.78 is 5.21. The molecular formula is C29H28N2O4. The van der Waals surface area contributed by atoms with Crippen LogP contribution in [-0.2, 0) is 9.59 Å². The van der Waals surface area contributed by atoms with Crippen LogP contribution in [0.5, 0.6) is 5.75 Å². The molecule has 178 valence electrons. The van der Waals surface area contributed by atoms with E-state index >= 15 is 0 Å². The standard InChI is InChI=1S/C29H28N2O4/c1-35-24-13-9-22(10-14-24)27(32)25-26(21-5-3-2-4-6-21)31(29(34)28(25)33)23-11-7-19(8-12-23)20-15-17-30-18-16-20/h7-18,21,26,32H,2-6H2,1H3/b27-25-. The van der Waals surface area contributed by atoms with Gasteiger partial charge in [0.15, 0.2) is 0 Å². The molecule has 6 heteroatoms. The molecule has 1 aliphatic heterocycles. The van der Waals surface area contributed by atoms with E-state index in [0.717, 1.165) is 43.2 Å². The lowest BCUT2D eigenvalue weighted by Crippen LogP contribution is -2.40. The molecule has 1 atom stereocenters. The third-order valence-electron chi connectivity index (χ3n) is 7.11. The van der Waals surface area contributed by atoms with Crippen molar-refractivity contribution < 1.29 is 19.4 Å². The first kappa shape index (κ1) is 22.8. The first-order chi connectivity index (χ1) is 17.1. The van der Waals surface area contributed by atoms with Crippen molar-refractivity contribution in [2.24, 2.45) is 5.92 Å². The quantitative estimate of drug-likeness (QED) is 0.300. The Balaban J connectivity index is 1.57. The highest BCUT2D eigenvalue weighted by Crippen LogP contribution is 2.41. The normalized spacial score (nSPS) is 20.3. The number of aliphatic hydroxyl groups is 1. The summed E-state index contributed by atoms with van der Waals surface area (Å²) >= 11 is 0. The van der Waals surface area contributed by atoms with Gasteiger partial charge in [0, 0.05) is 23.6 Å².